The molecule has 102 valence electrons. The fourth-order valence-electron chi connectivity index (χ4n) is 1.83. The molecule has 0 amide bonds. The van der Waals surface area contributed by atoms with Crippen molar-refractivity contribution in [3.8, 4) is 11.4 Å². The van der Waals surface area contributed by atoms with E-state index < -0.39 is 0 Å². The molecule has 19 heavy (non-hydrogen) atoms. The van der Waals surface area contributed by atoms with Gasteiger partial charge in [-0.2, -0.15) is 0 Å². The molecule has 0 radical (unpaired) electrons. The van der Waals surface area contributed by atoms with Gasteiger partial charge in [0.05, 0.1) is 24.6 Å². The van der Waals surface area contributed by atoms with Gasteiger partial charge in [0.15, 0.2) is 0 Å². The third kappa shape index (κ3) is 2.91. The molecule has 0 saturated heterocycles. The Morgan fingerprint density at radius 1 is 1.26 bits per heavy atom. The molecule has 0 atom stereocenters. The largest absolute Gasteiger partial charge is 0.494 e. The van der Waals surface area contributed by atoms with Crippen molar-refractivity contribution in [3.63, 3.8) is 0 Å². The lowest BCUT2D eigenvalue weighted by Gasteiger charge is -2.08. The van der Waals surface area contributed by atoms with Crippen molar-refractivity contribution in [1.29, 1.82) is 0 Å². The number of rotatable bonds is 6. The maximum Gasteiger partial charge on any atom is 0.119 e. The maximum atomic E-state index is 5.64. The highest BCUT2D eigenvalue weighted by atomic mass is 16.5. The van der Waals surface area contributed by atoms with Crippen LogP contribution in [0.1, 0.15) is 18.3 Å². The van der Waals surface area contributed by atoms with Crippen LogP contribution < -0.4 is 10.5 Å². The fraction of sp³-hybridized carbons (Fsp3) is 0.385. The Labute approximate surface area is 112 Å². The maximum absolute atomic E-state index is 5.64. The third-order valence-corrected chi connectivity index (χ3v) is 2.71. The van der Waals surface area contributed by atoms with Gasteiger partial charge >= 0.3 is 0 Å². The minimum atomic E-state index is 0.343. The molecule has 0 spiro atoms. The summed E-state index contributed by atoms with van der Waals surface area (Å²) >= 11 is 0. The number of nitrogens with two attached hydrogens (primary N) is 1. The molecule has 0 unspecified atom stereocenters. The SMILES string of the molecule is CCOc1ccc(-n2nnc(CN)c2COC)cc1. The first-order chi connectivity index (χ1) is 9.30. The topological polar surface area (TPSA) is 75.2 Å². The minimum Gasteiger partial charge on any atom is -0.494 e. The molecule has 0 fully saturated rings. The van der Waals surface area contributed by atoms with Crippen molar-refractivity contribution in [2.24, 2.45) is 5.73 Å². The lowest BCUT2D eigenvalue weighted by molar-refractivity contribution is 0.178. The Kier molecular flexibility index (Phi) is 4.48. The lowest BCUT2D eigenvalue weighted by Crippen LogP contribution is -2.07. The average molecular weight is 262 g/mol. The van der Waals surface area contributed by atoms with E-state index in [4.69, 9.17) is 15.2 Å². The van der Waals surface area contributed by atoms with Gasteiger partial charge in [0.25, 0.3) is 0 Å². The van der Waals surface area contributed by atoms with E-state index in [0.29, 0.717) is 19.8 Å². The molecule has 0 aliphatic heterocycles. The van der Waals surface area contributed by atoms with E-state index in [0.717, 1.165) is 22.8 Å². The predicted molar refractivity (Wildman–Crippen MR) is 71.1 cm³/mol. The van der Waals surface area contributed by atoms with Crippen molar-refractivity contribution in [3.05, 3.63) is 35.7 Å². The van der Waals surface area contributed by atoms with Gasteiger partial charge in [-0.3, -0.25) is 0 Å². The number of benzene rings is 1. The summed E-state index contributed by atoms with van der Waals surface area (Å²) in [5, 5.41) is 8.18. The monoisotopic (exact) mass is 262 g/mol. The van der Waals surface area contributed by atoms with Gasteiger partial charge in [-0.05, 0) is 31.2 Å². The van der Waals surface area contributed by atoms with Crippen LogP contribution in [0, 0.1) is 0 Å². The Morgan fingerprint density at radius 3 is 2.58 bits per heavy atom. The second kappa shape index (κ2) is 6.31. The van der Waals surface area contributed by atoms with E-state index >= 15 is 0 Å². The summed E-state index contributed by atoms with van der Waals surface area (Å²) in [6.07, 6.45) is 0. The molecular formula is C13H18N4O2. The Bertz CT molecular complexity index is 522. The summed E-state index contributed by atoms with van der Waals surface area (Å²) in [5.74, 6) is 0.832. The highest BCUT2D eigenvalue weighted by Crippen LogP contribution is 2.17. The summed E-state index contributed by atoms with van der Waals surface area (Å²) in [7, 11) is 1.63. The Morgan fingerprint density at radius 2 is 2.00 bits per heavy atom. The van der Waals surface area contributed by atoms with Crippen LogP contribution in [0.15, 0.2) is 24.3 Å². The standard InChI is InChI=1S/C13H18N4O2/c1-3-19-11-6-4-10(5-7-11)17-13(9-18-2)12(8-14)15-16-17/h4-7H,3,8-9,14H2,1-2H3. The predicted octanol–water partition coefficient (Wildman–Crippen LogP) is 1.27. The summed E-state index contributed by atoms with van der Waals surface area (Å²) < 4.78 is 12.3. The average Bonchev–Trinajstić information content (AvgIpc) is 2.83. The van der Waals surface area contributed by atoms with Crippen LogP contribution >= 0.6 is 0 Å². The van der Waals surface area contributed by atoms with E-state index in [9.17, 15) is 0 Å². The number of aromatic nitrogens is 3. The zero-order valence-electron chi connectivity index (χ0n) is 11.2. The second-order valence-corrected chi connectivity index (χ2v) is 3.96. The normalized spacial score (nSPS) is 10.7. The summed E-state index contributed by atoms with van der Waals surface area (Å²) in [6, 6.07) is 7.66. The van der Waals surface area contributed by atoms with E-state index in [2.05, 4.69) is 10.3 Å². The lowest BCUT2D eigenvalue weighted by atomic mass is 10.2. The molecule has 1 heterocycles. The molecule has 2 N–H and O–H groups in total. The van der Waals surface area contributed by atoms with Gasteiger partial charge in [0.1, 0.15) is 11.4 Å². The van der Waals surface area contributed by atoms with E-state index in [-0.39, 0.29) is 0 Å². The first kappa shape index (κ1) is 13.5. The molecule has 0 saturated carbocycles. The van der Waals surface area contributed by atoms with Crippen LogP contribution in [-0.2, 0) is 17.9 Å². The first-order valence-corrected chi connectivity index (χ1v) is 6.15. The second-order valence-electron chi connectivity index (χ2n) is 3.96. The summed E-state index contributed by atoms with van der Waals surface area (Å²) in [5.41, 5.74) is 8.17. The summed E-state index contributed by atoms with van der Waals surface area (Å²) in [4.78, 5) is 0. The number of hydrogen-bond acceptors (Lipinski definition) is 5. The number of methoxy groups -OCH3 is 1. The molecule has 2 aromatic rings. The van der Waals surface area contributed by atoms with Gasteiger partial charge in [0, 0.05) is 13.7 Å². The Balaban J connectivity index is 2.32. The van der Waals surface area contributed by atoms with Crippen LogP contribution in [0.5, 0.6) is 5.75 Å². The van der Waals surface area contributed by atoms with E-state index in [1.807, 2.05) is 31.2 Å². The fourth-order valence-corrected chi connectivity index (χ4v) is 1.83. The molecule has 6 nitrogen and oxygen atoms in total. The minimum absolute atomic E-state index is 0.343. The zero-order valence-corrected chi connectivity index (χ0v) is 11.2. The van der Waals surface area contributed by atoms with Crippen LogP contribution in [-0.4, -0.2) is 28.7 Å². The van der Waals surface area contributed by atoms with Crippen LogP contribution in [0.2, 0.25) is 0 Å². The highest BCUT2D eigenvalue weighted by Gasteiger charge is 2.12. The van der Waals surface area contributed by atoms with Gasteiger partial charge in [0.2, 0.25) is 0 Å². The molecule has 1 aromatic heterocycles. The van der Waals surface area contributed by atoms with Crippen LogP contribution in [0.25, 0.3) is 5.69 Å². The van der Waals surface area contributed by atoms with Crippen molar-refractivity contribution in [1.82, 2.24) is 15.0 Å². The highest BCUT2D eigenvalue weighted by molar-refractivity contribution is 5.38. The molecule has 6 heteroatoms. The molecular weight excluding hydrogens is 244 g/mol. The quantitative estimate of drug-likeness (QED) is 0.848. The first-order valence-electron chi connectivity index (χ1n) is 6.15. The van der Waals surface area contributed by atoms with Gasteiger partial charge in [-0.1, -0.05) is 5.21 Å². The number of ether oxygens (including phenoxy) is 2. The van der Waals surface area contributed by atoms with E-state index in [1.54, 1.807) is 11.8 Å². The third-order valence-electron chi connectivity index (χ3n) is 2.71. The molecule has 0 bridgehead atoms. The molecule has 1 aromatic carbocycles. The van der Waals surface area contributed by atoms with Crippen LogP contribution in [0.3, 0.4) is 0 Å². The van der Waals surface area contributed by atoms with Crippen molar-refractivity contribution >= 4 is 0 Å². The van der Waals surface area contributed by atoms with Gasteiger partial charge < -0.3 is 15.2 Å². The summed E-state index contributed by atoms with van der Waals surface area (Å²) in [6.45, 7) is 3.37. The molecule has 0 aliphatic carbocycles. The number of nitrogens with zero attached hydrogens (tertiary/aromatic N) is 3. The van der Waals surface area contributed by atoms with Crippen LogP contribution in [0.4, 0.5) is 0 Å². The van der Waals surface area contributed by atoms with Gasteiger partial charge in [-0.15, -0.1) is 5.10 Å². The smallest absolute Gasteiger partial charge is 0.119 e. The number of hydrogen-bond donors (Lipinski definition) is 1. The van der Waals surface area contributed by atoms with Gasteiger partial charge in [-0.25, -0.2) is 4.68 Å². The Hall–Kier alpha value is -1.92. The zero-order chi connectivity index (χ0) is 13.7. The van der Waals surface area contributed by atoms with Crippen molar-refractivity contribution in [2.45, 2.75) is 20.1 Å². The van der Waals surface area contributed by atoms with Crippen molar-refractivity contribution < 1.29 is 9.47 Å². The van der Waals surface area contributed by atoms with E-state index in [1.165, 1.54) is 0 Å². The molecule has 2 rings (SSSR count). The van der Waals surface area contributed by atoms with Crippen molar-refractivity contribution in [2.75, 3.05) is 13.7 Å². The molecule has 0 aliphatic rings.